The zero-order valence-corrected chi connectivity index (χ0v) is 8.53. The first kappa shape index (κ1) is 11.2. The molecule has 14 heavy (non-hydrogen) atoms. The molecule has 2 unspecified atom stereocenters. The number of nitrogens with one attached hydrogen (secondary N) is 1. The van der Waals surface area contributed by atoms with Crippen LogP contribution in [0.4, 0.5) is 0 Å². The molecule has 4 nitrogen and oxygen atoms in total. The Bertz CT molecular complexity index is 216. The van der Waals surface area contributed by atoms with Gasteiger partial charge in [0, 0.05) is 19.7 Å². The Morgan fingerprint density at radius 3 is 3.00 bits per heavy atom. The van der Waals surface area contributed by atoms with Gasteiger partial charge in [0.15, 0.2) is 0 Å². The second-order valence-electron chi connectivity index (χ2n) is 3.51. The average Bonchev–Trinajstić information content (AvgIpc) is 2.59. The summed E-state index contributed by atoms with van der Waals surface area (Å²) in [6.07, 6.45) is 4.37. The molecule has 3 N–H and O–H groups in total. The molecule has 0 aliphatic carbocycles. The summed E-state index contributed by atoms with van der Waals surface area (Å²) in [5.74, 6) is 0.310. The van der Waals surface area contributed by atoms with Gasteiger partial charge in [0.05, 0.1) is 0 Å². The maximum Gasteiger partial charge on any atom is 0.249 e. The molecule has 1 fully saturated rings. The highest BCUT2D eigenvalue weighted by molar-refractivity contribution is 5.81. The van der Waals surface area contributed by atoms with E-state index in [-0.39, 0.29) is 12.0 Å². The fraction of sp³-hybridized carbons (Fsp3) is 0.700. The summed E-state index contributed by atoms with van der Waals surface area (Å²) in [7, 11) is 0. The first-order valence-electron chi connectivity index (χ1n) is 5.00. The minimum absolute atomic E-state index is 0.0170. The average molecular weight is 198 g/mol. The van der Waals surface area contributed by atoms with Gasteiger partial charge in [-0.25, -0.2) is 0 Å². The van der Waals surface area contributed by atoms with Gasteiger partial charge in [0.25, 0.3) is 0 Å². The summed E-state index contributed by atoms with van der Waals surface area (Å²) in [5.41, 5.74) is 5.27. The van der Waals surface area contributed by atoms with Gasteiger partial charge >= 0.3 is 0 Å². The molecule has 2 atom stereocenters. The van der Waals surface area contributed by atoms with Gasteiger partial charge in [0.1, 0.15) is 6.10 Å². The van der Waals surface area contributed by atoms with Crippen LogP contribution in [0.3, 0.4) is 0 Å². The predicted molar refractivity (Wildman–Crippen MR) is 54.7 cm³/mol. The monoisotopic (exact) mass is 198 g/mol. The number of rotatable bonds is 4. The summed E-state index contributed by atoms with van der Waals surface area (Å²) in [4.78, 5) is 11.5. The number of ether oxygens (including phenoxy) is 1. The second kappa shape index (κ2) is 5.78. The molecule has 0 radical (unpaired) electrons. The summed E-state index contributed by atoms with van der Waals surface area (Å²) in [5, 5.41) is 2.78. The molecule has 1 aliphatic rings. The molecule has 1 aliphatic heterocycles. The molecule has 0 aromatic carbocycles. The Kier molecular flexibility index (Phi) is 4.62. The minimum Gasteiger partial charge on any atom is -0.368 e. The van der Waals surface area contributed by atoms with E-state index in [4.69, 9.17) is 10.5 Å². The Morgan fingerprint density at radius 2 is 2.43 bits per heavy atom. The van der Waals surface area contributed by atoms with Crippen molar-refractivity contribution in [3.05, 3.63) is 12.2 Å². The van der Waals surface area contributed by atoms with E-state index in [9.17, 15) is 4.79 Å². The van der Waals surface area contributed by atoms with Crippen LogP contribution in [0.5, 0.6) is 0 Å². The largest absolute Gasteiger partial charge is 0.368 e. The quantitative estimate of drug-likeness (QED) is 0.627. The van der Waals surface area contributed by atoms with Crippen LogP contribution in [0.25, 0.3) is 0 Å². The molecule has 0 spiro atoms. The van der Waals surface area contributed by atoms with Crippen molar-refractivity contribution in [3.63, 3.8) is 0 Å². The predicted octanol–water partition coefficient (Wildman–Crippen LogP) is 0.0425. The standard InChI is InChI=1S/C10H18N2O2/c1-8-4-7-14-9(8)10(13)12-6-3-2-5-11/h2-3,8-9H,4-7,11H2,1H3,(H,12,13)/b3-2+. The van der Waals surface area contributed by atoms with E-state index in [0.717, 1.165) is 6.42 Å². The number of hydrogen-bond acceptors (Lipinski definition) is 3. The van der Waals surface area contributed by atoms with Crippen LogP contribution in [0, 0.1) is 5.92 Å². The number of carbonyl (C=O) groups is 1. The van der Waals surface area contributed by atoms with Gasteiger partial charge in [-0.05, 0) is 12.3 Å². The SMILES string of the molecule is CC1CCOC1C(=O)NC/C=C/CN. The van der Waals surface area contributed by atoms with Gasteiger partial charge in [0.2, 0.25) is 5.91 Å². The van der Waals surface area contributed by atoms with Crippen LogP contribution < -0.4 is 11.1 Å². The molecule has 0 bridgehead atoms. The molecular formula is C10H18N2O2. The molecule has 4 heteroatoms. The molecule has 0 saturated carbocycles. The fourth-order valence-electron chi connectivity index (χ4n) is 1.47. The smallest absolute Gasteiger partial charge is 0.249 e. The number of nitrogens with two attached hydrogens (primary N) is 1. The molecule has 80 valence electrons. The summed E-state index contributed by atoms with van der Waals surface area (Å²) in [6, 6.07) is 0. The first-order chi connectivity index (χ1) is 6.75. The van der Waals surface area contributed by atoms with E-state index in [2.05, 4.69) is 5.32 Å². The normalized spacial score (nSPS) is 27.0. The first-order valence-corrected chi connectivity index (χ1v) is 5.00. The van der Waals surface area contributed by atoms with E-state index in [1.165, 1.54) is 0 Å². The van der Waals surface area contributed by atoms with E-state index in [1.54, 1.807) is 0 Å². The Morgan fingerprint density at radius 1 is 1.64 bits per heavy atom. The maximum absolute atomic E-state index is 11.5. The Labute approximate surface area is 84.5 Å². The van der Waals surface area contributed by atoms with Crippen molar-refractivity contribution in [3.8, 4) is 0 Å². The van der Waals surface area contributed by atoms with Crippen molar-refractivity contribution in [1.29, 1.82) is 0 Å². The number of amides is 1. The molecule has 0 aromatic heterocycles. The Balaban J connectivity index is 2.24. The summed E-state index contributed by atoms with van der Waals surface area (Å²) < 4.78 is 5.32. The van der Waals surface area contributed by atoms with Crippen LogP contribution in [-0.2, 0) is 9.53 Å². The third-order valence-electron chi connectivity index (χ3n) is 2.34. The highest BCUT2D eigenvalue weighted by atomic mass is 16.5. The maximum atomic E-state index is 11.5. The van der Waals surface area contributed by atoms with Gasteiger partial charge in [-0.1, -0.05) is 19.1 Å². The third-order valence-corrected chi connectivity index (χ3v) is 2.34. The minimum atomic E-state index is -0.263. The van der Waals surface area contributed by atoms with Crippen LogP contribution in [0.2, 0.25) is 0 Å². The molecule has 0 aromatic rings. The van der Waals surface area contributed by atoms with Crippen molar-refractivity contribution >= 4 is 5.91 Å². The van der Waals surface area contributed by atoms with Crippen molar-refractivity contribution in [2.24, 2.45) is 11.7 Å². The number of carbonyl (C=O) groups excluding carboxylic acids is 1. The molecule has 1 rings (SSSR count). The lowest BCUT2D eigenvalue weighted by Crippen LogP contribution is -2.37. The van der Waals surface area contributed by atoms with Crippen LogP contribution in [0.15, 0.2) is 12.2 Å². The molecule has 1 amide bonds. The van der Waals surface area contributed by atoms with E-state index < -0.39 is 0 Å². The van der Waals surface area contributed by atoms with E-state index in [0.29, 0.717) is 25.6 Å². The molecule has 1 saturated heterocycles. The fourth-order valence-corrected chi connectivity index (χ4v) is 1.47. The highest BCUT2D eigenvalue weighted by Gasteiger charge is 2.30. The van der Waals surface area contributed by atoms with Crippen molar-refractivity contribution in [1.82, 2.24) is 5.32 Å². The zero-order chi connectivity index (χ0) is 10.4. The molecular weight excluding hydrogens is 180 g/mol. The van der Waals surface area contributed by atoms with Gasteiger partial charge < -0.3 is 15.8 Å². The zero-order valence-electron chi connectivity index (χ0n) is 8.53. The number of hydrogen-bond donors (Lipinski definition) is 2. The van der Waals surface area contributed by atoms with Crippen molar-refractivity contribution in [2.45, 2.75) is 19.4 Å². The van der Waals surface area contributed by atoms with Crippen LogP contribution in [0.1, 0.15) is 13.3 Å². The van der Waals surface area contributed by atoms with Gasteiger partial charge in [-0.3, -0.25) is 4.79 Å². The highest BCUT2D eigenvalue weighted by Crippen LogP contribution is 2.19. The van der Waals surface area contributed by atoms with Crippen molar-refractivity contribution in [2.75, 3.05) is 19.7 Å². The lowest BCUT2D eigenvalue weighted by atomic mass is 10.0. The lowest BCUT2D eigenvalue weighted by Gasteiger charge is -2.13. The van der Waals surface area contributed by atoms with Gasteiger partial charge in [-0.2, -0.15) is 0 Å². The van der Waals surface area contributed by atoms with Crippen molar-refractivity contribution < 1.29 is 9.53 Å². The van der Waals surface area contributed by atoms with Crippen LogP contribution in [-0.4, -0.2) is 31.7 Å². The van der Waals surface area contributed by atoms with E-state index in [1.807, 2.05) is 19.1 Å². The summed E-state index contributed by atoms with van der Waals surface area (Å²) in [6.45, 7) is 3.76. The van der Waals surface area contributed by atoms with E-state index >= 15 is 0 Å². The van der Waals surface area contributed by atoms with Crippen LogP contribution >= 0.6 is 0 Å². The second-order valence-corrected chi connectivity index (χ2v) is 3.51. The van der Waals surface area contributed by atoms with Gasteiger partial charge in [-0.15, -0.1) is 0 Å². The topological polar surface area (TPSA) is 64.3 Å². The third kappa shape index (κ3) is 3.12. The molecule has 1 heterocycles. The Hall–Kier alpha value is -0.870. The summed E-state index contributed by atoms with van der Waals surface area (Å²) >= 11 is 0. The lowest BCUT2D eigenvalue weighted by molar-refractivity contribution is -0.131.